The van der Waals surface area contributed by atoms with E-state index in [4.69, 9.17) is 16.9 Å². The second kappa shape index (κ2) is 4.91. The maximum Gasteiger partial charge on any atom is 0.276 e. The van der Waals surface area contributed by atoms with E-state index in [1.165, 1.54) is 23.5 Å². The minimum Gasteiger partial charge on any atom is -0.311 e. The van der Waals surface area contributed by atoms with Crippen molar-refractivity contribution in [2.24, 2.45) is 0 Å². The van der Waals surface area contributed by atoms with Crippen molar-refractivity contribution in [3.63, 3.8) is 0 Å². The summed E-state index contributed by atoms with van der Waals surface area (Å²) in [6.45, 7) is 0. The largest absolute Gasteiger partial charge is 0.311 e. The van der Waals surface area contributed by atoms with Crippen molar-refractivity contribution in [3.05, 3.63) is 40.0 Å². The Hall–Kier alpha value is -1.97. The first kappa shape index (κ1) is 11.5. The van der Waals surface area contributed by atoms with E-state index in [9.17, 15) is 4.79 Å². The zero-order chi connectivity index (χ0) is 12.3. The van der Waals surface area contributed by atoms with Crippen molar-refractivity contribution in [2.45, 2.75) is 0 Å². The topological polar surface area (TPSA) is 78.7 Å². The van der Waals surface area contributed by atoms with Crippen LogP contribution in [-0.4, -0.2) is 16.1 Å². The highest BCUT2D eigenvalue weighted by Crippen LogP contribution is 2.22. The van der Waals surface area contributed by atoms with Gasteiger partial charge in [-0.1, -0.05) is 11.6 Å². The van der Waals surface area contributed by atoms with Gasteiger partial charge in [-0.15, -0.1) is 21.5 Å². The van der Waals surface area contributed by atoms with Gasteiger partial charge in [0, 0.05) is 0 Å². The van der Waals surface area contributed by atoms with Crippen LogP contribution in [0.1, 0.15) is 16.1 Å². The van der Waals surface area contributed by atoms with Crippen molar-refractivity contribution < 1.29 is 4.79 Å². The number of nitriles is 1. The summed E-state index contributed by atoms with van der Waals surface area (Å²) in [6.07, 6.45) is 0. The van der Waals surface area contributed by atoms with Gasteiger partial charge in [0.25, 0.3) is 5.91 Å². The molecule has 0 atom stereocenters. The molecule has 0 spiro atoms. The molecular formula is C10H5ClN4OS. The average molecular weight is 265 g/mol. The lowest BCUT2D eigenvalue weighted by Gasteiger charge is -2.01. The number of hydrogen-bond acceptors (Lipinski definition) is 5. The number of amides is 1. The predicted molar refractivity (Wildman–Crippen MR) is 64.0 cm³/mol. The number of hydrogen-bond donors (Lipinski definition) is 1. The Labute approximate surface area is 106 Å². The van der Waals surface area contributed by atoms with Crippen molar-refractivity contribution in [1.82, 2.24) is 10.2 Å². The van der Waals surface area contributed by atoms with Gasteiger partial charge in [0.1, 0.15) is 11.1 Å². The lowest BCUT2D eigenvalue weighted by molar-refractivity contribution is 0.102. The molecular weight excluding hydrogens is 260 g/mol. The Balaban J connectivity index is 2.18. The molecule has 0 saturated carbocycles. The third kappa shape index (κ3) is 2.58. The first-order valence-electron chi connectivity index (χ1n) is 4.49. The zero-order valence-corrected chi connectivity index (χ0v) is 9.92. The van der Waals surface area contributed by atoms with Crippen LogP contribution in [0.15, 0.2) is 23.6 Å². The summed E-state index contributed by atoms with van der Waals surface area (Å²) in [5.41, 5.74) is 0.567. The molecule has 2 heterocycles. The lowest BCUT2D eigenvalue weighted by atomic mass is 10.3. The van der Waals surface area contributed by atoms with Gasteiger partial charge in [-0.05, 0) is 23.6 Å². The fourth-order valence-corrected chi connectivity index (χ4v) is 1.93. The van der Waals surface area contributed by atoms with Crippen LogP contribution in [-0.2, 0) is 0 Å². The molecule has 0 aliphatic rings. The SMILES string of the molecule is N#Cc1ccsc1NC(=O)c1ccc(Cl)nn1. The number of anilines is 1. The van der Waals surface area contributed by atoms with Crippen LogP contribution < -0.4 is 5.32 Å². The molecule has 17 heavy (non-hydrogen) atoms. The van der Waals surface area contributed by atoms with E-state index in [2.05, 4.69) is 15.5 Å². The molecule has 0 saturated heterocycles. The minimum atomic E-state index is -0.423. The Kier molecular flexibility index (Phi) is 3.32. The molecule has 0 radical (unpaired) electrons. The third-order valence-electron chi connectivity index (χ3n) is 1.88. The minimum absolute atomic E-state index is 0.145. The maximum atomic E-state index is 11.7. The summed E-state index contributed by atoms with van der Waals surface area (Å²) in [4.78, 5) is 11.7. The van der Waals surface area contributed by atoms with Crippen LogP contribution in [0.25, 0.3) is 0 Å². The predicted octanol–water partition coefficient (Wildman–Crippen LogP) is 2.32. The number of nitrogens with one attached hydrogen (secondary N) is 1. The quantitative estimate of drug-likeness (QED) is 0.903. The summed E-state index contributed by atoms with van der Waals surface area (Å²) < 4.78 is 0. The lowest BCUT2D eigenvalue weighted by Crippen LogP contribution is -2.13. The molecule has 0 aliphatic heterocycles. The highest BCUT2D eigenvalue weighted by atomic mass is 35.5. The van der Waals surface area contributed by atoms with Gasteiger partial charge in [0.15, 0.2) is 10.8 Å². The molecule has 0 fully saturated rings. The van der Waals surface area contributed by atoms with E-state index in [0.717, 1.165) is 0 Å². The van der Waals surface area contributed by atoms with Gasteiger partial charge in [0.2, 0.25) is 0 Å². The summed E-state index contributed by atoms with van der Waals surface area (Å²) in [6, 6.07) is 6.55. The number of rotatable bonds is 2. The van der Waals surface area contributed by atoms with Gasteiger partial charge in [-0.3, -0.25) is 4.79 Å². The van der Waals surface area contributed by atoms with Gasteiger partial charge in [-0.2, -0.15) is 5.26 Å². The Morgan fingerprint density at radius 3 is 2.88 bits per heavy atom. The molecule has 5 nitrogen and oxygen atoms in total. The average Bonchev–Trinajstić information content (AvgIpc) is 2.77. The molecule has 0 unspecified atom stereocenters. The number of halogens is 1. The second-order valence-corrected chi connectivity index (χ2v) is 4.27. The van der Waals surface area contributed by atoms with Crippen molar-refractivity contribution in [3.8, 4) is 6.07 Å². The van der Waals surface area contributed by atoms with Gasteiger partial charge < -0.3 is 5.32 Å². The standard InChI is InChI=1S/C10H5ClN4OS/c11-8-2-1-7(14-15-8)9(16)13-10-6(5-12)3-4-17-10/h1-4H,(H,13,16). The molecule has 0 bridgehead atoms. The smallest absolute Gasteiger partial charge is 0.276 e. The normalized spacial score (nSPS) is 9.65. The Bertz CT molecular complexity index is 587. The first-order chi connectivity index (χ1) is 8.20. The monoisotopic (exact) mass is 264 g/mol. The fourth-order valence-electron chi connectivity index (χ4n) is 1.10. The van der Waals surface area contributed by atoms with E-state index in [-0.39, 0.29) is 10.8 Å². The van der Waals surface area contributed by atoms with E-state index < -0.39 is 5.91 Å². The van der Waals surface area contributed by atoms with E-state index in [1.807, 2.05) is 6.07 Å². The Morgan fingerprint density at radius 2 is 2.24 bits per heavy atom. The highest BCUT2D eigenvalue weighted by Gasteiger charge is 2.11. The van der Waals surface area contributed by atoms with Crippen LogP contribution >= 0.6 is 22.9 Å². The van der Waals surface area contributed by atoms with Crippen LogP contribution in [0, 0.1) is 11.3 Å². The van der Waals surface area contributed by atoms with Gasteiger partial charge in [0.05, 0.1) is 5.56 Å². The van der Waals surface area contributed by atoms with E-state index in [1.54, 1.807) is 11.4 Å². The molecule has 0 aromatic carbocycles. The molecule has 1 N–H and O–H groups in total. The van der Waals surface area contributed by atoms with Crippen molar-refractivity contribution in [1.29, 1.82) is 5.26 Å². The molecule has 2 aromatic rings. The summed E-state index contributed by atoms with van der Waals surface area (Å²) in [5, 5.41) is 21.0. The zero-order valence-electron chi connectivity index (χ0n) is 8.35. The Morgan fingerprint density at radius 1 is 1.41 bits per heavy atom. The molecule has 7 heteroatoms. The number of aromatic nitrogens is 2. The van der Waals surface area contributed by atoms with Crippen LogP contribution in [0.2, 0.25) is 5.15 Å². The van der Waals surface area contributed by atoms with Crippen LogP contribution in [0.3, 0.4) is 0 Å². The number of carbonyl (C=O) groups excluding carboxylic acids is 1. The molecule has 1 amide bonds. The summed E-state index contributed by atoms with van der Waals surface area (Å²) in [5.74, 6) is -0.423. The number of carbonyl (C=O) groups is 1. The molecule has 2 aromatic heterocycles. The highest BCUT2D eigenvalue weighted by molar-refractivity contribution is 7.14. The van der Waals surface area contributed by atoms with Gasteiger partial charge >= 0.3 is 0 Å². The van der Waals surface area contributed by atoms with Gasteiger partial charge in [-0.25, -0.2) is 0 Å². The molecule has 2 rings (SSSR count). The molecule has 0 aliphatic carbocycles. The first-order valence-corrected chi connectivity index (χ1v) is 5.74. The molecule has 84 valence electrons. The number of nitrogens with zero attached hydrogens (tertiary/aromatic N) is 3. The summed E-state index contributed by atoms with van der Waals surface area (Å²) >= 11 is 6.83. The third-order valence-corrected chi connectivity index (χ3v) is 2.91. The number of thiophene rings is 1. The van der Waals surface area contributed by atoms with E-state index in [0.29, 0.717) is 10.6 Å². The van der Waals surface area contributed by atoms with Crippen molar-refractivity contribution in [2.75, 3.05) is 5.32 Å². The van der Waals surface area contributed by atoms with Crippen LogP contribution in [0.5, 0.6) is 0 Å². The van der Waals surface area contributed by atoms with Crippen molar-refractivity contribution >= 4 is 33.8 Å². The fraction of sp³-hybridized carbons (Fsp3) is 0. The van der Waals surface area contributed by atoms with E-state index >= 15 is 0 Å². The maximum absolute atomic E-state index is 11.7. The van der Waals surface area contributed by atoms with Crippen LogP contribution in [0.4, 0.5) is 5.00 Å². The summed E-state index contributed by atoms with van der Waals surface area (Å²) in [7, 11) is 0. The second-order valence-electron chi connectivity index (χ2n) is 2.97.